The monoisotopic (exact) mass is 182 g/mol. The predicted molar refractivity (Wildman–Crippen MR) is 44.5 cm³/mol. The lowest BCUT2D eigenvalue weighted by atomic mass is 10.2. The average molecular weight is 183 g/mol. The Hall–Kier alpha value is -1.22. The summed E-state index contributed by atoms with van der Waals surface area (Å²) < 4.78 is 13.0. The van der Waals surface area contributed by atoms with Gasteiger partial charge >= 0.3 is 0 Å². The molecule has 0 spiro atoms. The third-order valence-electron chi connectivity index (χ3n) is 1.55. The van der Waals surface area contributed by atoms with E-state index in [9.17, 15) is 4.39 Å². The van der Waals surface area contributed by atoms with E-state index in [1.807, 2.05) is 0 Å². The average Bonchev–Trinajstić information content (AvgIpc) is 2.12. The molecule has 12 heavy (non-hydrogen) atoms. The number of nitrogens with zero attached hydrogens (tertiary/aromatic N) is 2. The third-order valence-corrected chi connectivity index (χ3v) is 1.83. The Morgan fingerprint density at radius 2 is 2.17 bits per heavy atom. The van der Waals surface area contributed by atoms with Crippen LogP contribution in [0.15, 0.2) is 24.5 Å². The Morgan fingerprint density at radius 3 is 2.92 bits per heavy atom. The van der Waals surface area contributed by atoms with Crippen molar-refractivity contribution in [2.75, 3.05) is 0 Å². The highest BCUT2D eigenvalue weighted by atomic mass is 35.5. The molecule has 2 nitrogen and oxygen atoms in total. The molecule has 0 fully saturated rings. The summed E-state index contributed by atoms with van der Waals surface area (Å²) in [5.74, 6) is -0.400. The zero-order chi connectivity index (χ0) is 8.55. The van der Waals surface area contributed by atoms with E-state index in [-0.39, 0.29) is 5.15 Å². The molecular weight excluding hydrogens is 179 g/mol. The van der Waals surface area contributed by atoms with Gasteiger partial charge in [-0.15, -0.1) is 0 Å². The van der Waals surface area contributed by atoms with Crippen molar-refractivity contribution in [3.8, 4) is 0 Å². The molecule has 0 N–H and O–H groups in total. The van der Waals surface area contributed by atoms with Crippen molar-refractivity contribution in [2.45, 2.75) is 0 Å². The standard InChI is InChI=1S/C8H4ClFN2/c9-8-7-5(2-1-3-11-7)6(10)4-12-8/h1-4H. The van der Waals surface area contributed by atoms with E-state index in [2.05, 4.69) is 9.97 Å². The molecule has 0 aliphatic heterocycles. The molecule has 2 heterocycles. The van der Waals surface area contributed by atoms with Crippen LogP contribution in [0.5, 0.6) is 0 Å². The van der Waals surface area contributed by atoms with Gasteiger partial charge in [-0.25, -0.2) is 9.37 Å². The lowest BCUT2D eigenvalue weighted by molar-refractivity contribution is 0.633. The number of pyridine rings is 2. The first-order chi connectivity index (χ1) is 5.79. The van der Waals surface area contributed by atoms with Crippen LogP contribution in [-0.4, -0.2) is 9.97 Å². The van der Waals surface area contributed by atoms with E-state index < -0.39 is 5.82 Å². The summed E-state index contributed by atoms with van der Waals surface area (Å²) in [7, 11) is 0. The van der Waals surface area contributed by atoms with Crippen molar-refractivity contribution in [1.29, 1.82) is 0 Å². The minimum absolute atomic E-state index is 0.229. The SMILES string of the molecule is Fc1cnc(Cl)c2ncccc12. The van der Waals surface area contributed by atoms with Gasteiger partial charge in [-0.05, 0) is 12.1 Å². The molecule has 0 aliphatic rings. The second-order valence-corrected chi connectivity index (χ2v) is 2.65. The van der Waals surface area contributed by atoms with Gasteiger partial charge in [0.05, 0.1) is 6.20 Å². The molecular formula is C8H4ClFN2. The van der Waals surface area contributed by atoms with E-state index in [1.54, 1.807) is 18.3 Å². The van der Waals surface area contributed by atoms with Crippen LogP contribution >= 0.6 is 11.6 Å². The number of hydrogen-bond donors (Lipinski definition) is 0. The molecule has 0 unspecified atom stereocenters. The Kier molecular flexibility index (Phi) is 1.66. The van der Waals surface area contributed by atoms with E-state index in [0.717, 1.165) is 6.20 Å². The maximum Gasteiger partial charge on any atom is 0.155 e. The number of fused-ring (bicyclic) bond motifs is 1. The first-order valence-electron chi connectivity index (χ1n) is 3.34. The van der Waals surface area contributed by atoms with Crippen molar-refractivity contribution in [1.82, 2.24) is 9.97 Å². The highest BCUT2D eigenvalue weighted by molar-refractivity contribution is 6.33. The van der Waals surface area contributed by atoms with E-state index in [4.69, 9.17) is 11.6 Å². The van der Waals surface area contributed by atoms with Crippen LogP contribution in [0.1, 0.15) is 0 Å². The van der Waals surface area contributed by atoms with E-state index in [0.29, 0.717) is 10.9 Å². The summed E-state index contributed by atoms with van der Waals surface area (Å²) in [6, 6.07) is 3.27. The van der Waals surface area contributed by atoms with Gasteiger partial charge in [0, 0.05) is 11.6 Å². The Bertz CT molecular complexity index is 390. The summed E-state index contributed by atoms with van der Waals surface area (Å²) in [6.07, 6.45) is 2.64. The van der Waals surface area contributed by atoms with E-state index >= 15 is 0 Å². The maximum atomic E-state index is 13.0. The highest BCUT2D eigenvalue weighted by Crippen LogP contribution is 2.20. The smallest absolute Gasteiger partial charge is 0.155 e. The van der Waals surface area contributed by atoms with Crippen molar-refractivity contribution in [3.63, 3.8) is 0 Å². The van der Waals surface area contributed by atoms with Crippen LogP contribution in [0.2, 0.25) is 5.15 Å². The van der Waals surface area contributed by atoms with Crippen LogP contribution in [0, 0.1) is 5.82 Å². The lowest BCUT2D eigenvalue weighted by Gasteiger charge is -1.97. The van der Waals surface area contributed by atoms with Gasteiger partial charge in [-0.2, -0.15) is 0 Å². The van der Waals surface area contributed by atoms with Gasteiger partial charge < -0.3 is 0 Å². The van der Waals surface area contributed by atoms with E-state index in [1.165, 1.54) is 0 Å². The summed E-state index contributed by atoms with van der Waals surface area (Å²) in [6.45, 7) is 0. The molecule has 0 saturated carbocycles. The van der Waals surface area contributed by atoms with Crippen molar-refractivity contribution in [2.24, 2.45) is 0 Å². The minimum atomic E-state index is -0.400. The lowest BCUT2D eigenvalue weighted by Crippen LogP contribution is -1.86. The number of rotatable bonds is 0. The fourth-order valence-electron chi connectivity index (χ4n) is 1.01. The zero-order valence-electron chi connectivity index (χ0n) is 5.96. The van der Waals surface area contributed by atoms with Crippen LogP contribution in [0.25, 0.3) is 10.9 Å². The van der Waals surface area contributed by atoms with Crippen LogP contribution in [0.4, 0.5) is 4.39 Å². The molecule has 60 valence electrons. The van der Waals surface area contributed by atoms with Gasteiger partial charge in [0.1, 0.15) is 5.52 Å². The van der Waals surface area contributed by atoms with Crippen LogP contribution < -0.4 is 0 Å². The minimum Gasteiger partial charge on any atom is -0.253 e. The number of aromatic nitrogens is 2. The van der Waals surface area contributed by atoms with Crippen LogP contribution in [0.3, 0.4) is 0 Å². The van der Waals surface area contributed by atoms with Gasteiger partial charge in [-0.1, -0.05) is 11.6 Å². The Labute approximate surface area is 73.0 Å². The van der Waals surface area contributed by atoms with Crippen molar-refractivity contribution < 1.29 is 4.39 Å². The topological polar surface area (TPSA) is 25.8 Å². The van der Waals surface area contributed by atoms with Gasteiger partial charge in [0.25, 0.3) is 0 Å². The van der Waals surface area contributed by atoms with Gasteiger partial charge in [0.15, 0.2) is 11.0 Å². The summed E-state index contributed by atoms with van der Waals surface area (Å²) in [4.78, 5) is 7.54. The van der Waals surface area contributed by atoms with Crippen molar-refractivity contribution in [3.05, 3.63) is 35.5 Å². The molecule has 2 aromatic rings. The molecule has 2 rings (SSSR count). The summed E-state index contributed by atoms with van der Waals surface area (Å²) in [5, 5.41) is 0.629. The summed E-state index contributed by atoms with van der Waals surface area (Å²) in [5.41, 5.74) is 0.402. The molecule has 0 aliphatic carbocycles. The molecule has 0 saturated heterocycles. The fourth-order valence-corrected chi connectivity index (χ4v) is 1.21. The second-order valence-electron chi connectivity index (χ2n) is 2.30. The summed E-state index contributed by atoms with van der Waals surface area (Å²) >= 11 is 5.69. The first kappa shape index (κ1) is 7.43. The quantitative estimate of drug-likeness (QED) is 0.585. The number of hydrogen-bond acceptors (Lipinski definition) is 2. The Balaban J connectivity index is 2.95. The van der Waals surface area contributed by atoms with Gasteiger partial charge in [-0.3, -0.25) is 4.98 Å². The molecule has 0 amide bonds. The third kappa shape index (κ3) is 1.02. The highest BCUT2D eigenvalue weighted by Gasteiger charge is 2.04. The normalized spacial score (nSPS) is 10.5. The fraction of sp³-hybridized carbons (Fsp3) is 0. The van der Waals surface area contributed by atoms with Gasteiger partial charge in [0.2, 0.25) is 0 Å². The molecule has 4 heteroatoms. The Morgan fingerprint density at radius 1 is 1.33 bits per heavy atom. The second kappa shape index (κ2) is 2.68. The first-order valence-corrected chi connectivity index (χ1v) is 3.71. The maximum absolute atomic E-state index is 13.0. The molecule has 2 aromatic heterocycles. The van der Waals surface area contributed by atoms with Crippen LogP contribution in [-0.2, 0) is 0 Å². The largest absolute Gasteiger partial charge is 0.253 e. The molecule has 0 radical (unpaired) electrons. The number of halogens is 2. The van der Waals surface area contributed by atoms with Crippen molar-refractivity contribution >= 4 is 22.5 Å². The molecule has 0 bridgehead atoms. The predicted octanol–water partition coefficient (Wildman–Crippen LogP) is 2.42. The zero-order valence-corrected chi connectivity index (χ0v) is 6.72. The molecule has 0 atom stereocenters. The molecule has 0 aromatic carbocycles.